The number of fused-ring (bicyclic) bond motifs is 3. The van der Waals surface area contributed by atoms with E-state index in [1.54, 1.807) is 26.2 Å². The minimum absolute atomic E-state index is 0.113. The Hall–Kier alpha value is -2.50. The molecule has 1 amide bonds. The molecular weight excluding hydrogens is 358 g/mol. The molecule has 28 heavy (non-hydrogen) atoms. The lowest BCUT2D eigenvalue weighted by atomic mass is 9.84. The number of hydrogen-bond acceptors (Lipinski definition) is 5. The average molecular weight is 385 g/mol. The fourth-order valence-corrected chi connectivity index (χ4v) is 5.03. The average Bonchev–Trinajstić information content (AvgIpc) is 3.40. The van der Waals surface area contributed by atoms with Gasteiger partial charge in [-0.25, -0.2) is 4.79 Å². The number of benzene rings is 1. The first-order valence-corrected chi connectivity index (χ1v) is 10.00. The molecule has 2 aromatic rings. The van der Waals surface area contributed by atoms with Gasteiger partial charge in [0.15, 0.2) is 6.61 Å². The molecule has 6 nitrogen and oxygen atoms in total. The van der Waals surface area contributed by atoms with Gasteiger partial charge in [0.05, 0.1) is 7.11 Å². The van der Waals surface area contributed by atoms with Crippen LogP contribution in [-0.4, -0.2) is 31.6 Å². The van der Waals surface area contributed by atoms with Gasteiger partial charge in [-0.1, -0.05) is 6.42 Å². The van der Waals surface area contributed by atoms with Gasteiger partial charge in [-0.2, -0.15) is 0 Å². The van der Waals surface area contributed by atoms with E-state index in [2.05, 4.69) is 12.2 Å². The van der Waals surface area contributed by atoms with E-state index in [9.17, 15) is 9.59 Å². The quantitative estimate of drug-likeness (QED) is 0.764. The molecule has 4 rings (SSSR count). The van der Waals surface area contributed by atoms with Crippen molar-refractivity contribution in [2.45, 2.75) is 45.6 Å². The van der Waals surface area contributed by atoms with Crippen molar-refractivity contribution in [3.63, 3.8) is 0 Å². The lowest BCUT2D eigenvalue weighted by Crippen LogP contribution is -2.42. The van der Waals surface area contributed by atoms with E-state index in [1.165, 1.54) is 25.7 Å². The van der Waals surface area contributed by atoms with Crippen LogP contribution in [0.2, 0.25) is 0 Å². The standard InChI is InChI=1S/C22H27NO5/c1-12-17-10-16(26-3)6-7-19(17)28-21(12)22(25)27-11-20(24)23-13(2)18-9-14-4-5-15(18)8-14/h6-7,10,13-15,18H,4-5,8-9,11H2,1-3H3,(H,23,24)/t13-,14-,15-,18-/m0/s1. The van der Waals surface area contributed by atoms with Crippen LogP contribution in [0, 0.1) is 24.7 Å². The van der Waals surface area contributed by atoms with Crippen molar-refractivity contribution in [2.75, 3.05) is 13.7 Å². The Kier molecular flexibility index (Phi) is 5.04. The topological polar surface area (TPSA) is 77.8 Å². The number of carbonyl (C=O) groups is 2. The molecular formula is C22H27NO5. The second kappa shape index (κ2) is 7.49. The minimum Gasteiger partial charge on any atom is -0.497 e. The highest BCUT2D eigenvalue weighted by molar-refractivity contribution is 5.97. The molecule has 2 bridgehead atoms. The lowest BCUT2D eigenvalue weighted by Gasteiger charge is -2.28. The molecule has 0 aliphatic heterocycles. The van der Waals surface area contributed by atoms with Gasteiger partial charge in [-0.05, 0) is 69.1 Å². The molecule has 0 saturated heterocycles. The Labute approximate surface area is 164 Å². The molecule has 2 fully saturated rings. The van der Waals surface area contributed by atoms with Crippen LogP contribution in [0.5, 0.6) is 5.75 Å². The van der Waals surface area contributed by atoms with E-state index in [0.29, 0.717) is 22.8 Å². The Morgan fingerprint density at radius 2 is 2.11 bits per heavy atom. The molecule has 1 aromatic carbocycles. The highest BCUT2D eigenvalue weighted by Crippen LogP contribution is 2.49. The molecule has 1 N–H and O–H groups in total. The SMILES string of the molecule is COc1ccc2oc(C(=O)OCC(=O)N[C@@H](C)[C@@H]3C[C@H]4CC[C@H]3C4)c(C)c2c1. The van der Waals surface area contributed by atoms with Gasteiger partial charge < -0.3 is 19.2 Å². The highest BCUT2D eigenvalue weighted by atomic mass is 16.5. The van der Waals surface area contributed by atoms with Crippen LogP contribution < -0.4 is 10.1 Å². The van der Waals surface area contributed by atoms with Gasteiger partial charge in [0.2, 0.25) is 5.76 Å². The number of hydrogen-bond donors (Lipinski definition) is 1. The van der Waals surface area contributed by atoms with Crippen molar-refractivity contribution in [1.82, 2.24) is 5.32 Å². The third-order valence-electron chi connectivity index (χ3n) is 6.49. The number of methoxy groups -OCH3 is 1. The normalized spacial score (nSPS) is 24.3. The Morgan fingerprint density at radius 1 is 1.29 bits per heavy atom. The molecule has 2 aliphatic carbocycles. The summed E-state index contributed by atoms with van der Waals surface area (Å²) in [4.78, 5) is 24.7. The molecule has 0 spiro atoms. The minimum atomic E-state index is -0.629. The fourth-order valence-electron chi connectivity index (χ4n) is 5.03. The third-order valence-corrected chi connectivity index (χ3v) is 6.49. The van der Waals surface area contributed by atoms with Gasteiger partial charge in [-0.3, -0.25) is 4.79 Å². The summed E-state index contributed by atoms with van der Waals surface area (Å²) in [7, 11) is 1.59. The molecule has 0 unspecified atom stereocenters. The van der Waals surface area contributed by atoms with Crippen LogP contribution in [0.3, 0.4) is 0 Å². The summed E-state index contributed by atoms with van der Waals surface area (Å²) in [5.74, 6) is 2.03. The monoisotopic (exact) mass is 385 g/mol. The maximum absolute atomic E-state index is 12.4. The number of carbonyl (C=O) groups excluding carboxylic acids is 2. The number of aryl methyl sites for hydroxylation is 1. The fraction of sp³-hybridized carbons (Fsp3) is 0.545. The van der Waals surface area contributed by atoms with Gasteiger partial charge in [0.25, 0.3) is 5.91 Å². The van der Waals surface area contributed by atoms with Crippen LogP contribution in [0.15, 0.2) is 22.6 Å². The van der Waals surface area contributed by atoms with Crippen molar-refractivity contribution < 1.29 is 23.5 Å². The predicted octanol–water partition coefficient (Wildman–Crippen LogP) is 3.85. The van der Waals surface area contributed by atoms with Crippen LogP contribution in [0.4, 0.5) is 0 Å². The second-order valence-electron chi connectivity index (χ2n) is 8.19. The summed E-state index contributed by atoms with van der Waals surface area (Å²) < 4.78 is 16.0. The van der Waals surface area contributed by atoms with Gasteiger partial charge >= 0.3 is 5.97 Å². The van der Waals surface area contributed by atoms with Crippen LogP contribution in [0.25, 0.3) is 11.0 Å². The Balaban J connectivity index is 1.34. The Bertz CT molecular complexity index is 902. The first-order valence-electron chi connectivity index (χ1n) is 10.00. The zero-order chi connectivity index (χ0) is 19.8. The predicted molar refractivity (Wildman–Crippen MR) is 104 cm³/mol. The third kappa shape index (κ3) is 3.48. The van der Waals surface area contributed by atoms with E-state index < -0.39 is 5.97 Å². The number of nitrogens with one attached hydrogen (secondary N) is 1. The Morgan fingerprint density at radius 3 is 2.79 bits per heavy atom. The number of rotatable bonds is 6. The van der Waals surface area contributed by atoms with Gasteiger partial charge in [0, 0.05) is 17.0 Å². The summed E-state index contributed by atoms with van der Waals surface area (Å²) in [5.41, 5.74) is 1.26. The van der Waals surface area contributed by atoms with E-state index in [4.69, 9.17) is 13.9 Å². The molecule has 1 aromatic heterocycles. The molecule has 6 heteroatoms. The van der Waals surface area contributed by atoms with Crippen LogP contribution in [-0.2, 0) is 9.53 Å². The highest BCUT2D eigenvalue weighted by Gasteiger charge is 2.42. The van der Waals surface area contributed by atoms with Crippen LogP contribution in [0.1, 0.15) is 48.7 Å². The molecule has 2 aliphatic rings. The summed E-state index contributed by atoms with van der Waals surface area (Å²) in [6, 6.07) is 5.45. The first-order chi connectivity index (χ1) is 13.5. The molecule has 2 saturated carbocycles. The van der Waals surface area contributed by atoms with Crippen molar-refractivity contribution in [1.29, 1.82) is 0 Å². The van der Waals surface area contributed by atoms with E-state index in [1.807, 2.05) is 6.07 Å². The molecule has 4 atom stereocenters. The first kappa shape index (κ1) is 18.8. The van der Waals surface area contributed by atoms with E-state index >= 15 is 0 Å². The van der Waals surface area contributed by atoms with E-state index in [-0.39, 0.29) is 24.3 Å². The largest absolute Gasteiger partial charge is 0.497 e. The maximum atomic E-state index is 12.4. The molecule has 0 radical (unpaired) electrons. The number of amides is 1. The molecule has 150 valence electrons. The summed E-state index contributed by atoms with van der Waals surface area (Å²) in [5, 5.41) is 3.80. The zero-order valence-electron chi connectivity index (χ0n) is 16.6. The van der Waals surface area contributed by atoms with Gasteiger partial charge in [-0.15, -0.1) is 0 Å². The number of esters is 1. The van der Waals surface area contributed by atoms with Crippen molar-refractivity contribution in [2.24, 2.45) is 17.8 Å². The maximum Gasteiger partial charge on any atom is 0.375 e. The smallest absolute Gasteiger partial charge is 0.375 e. The van der Waals surface area contributed by atoms with Crippen molar-refractivity contribution >= 4 is 22.8 Å². The summed E-state index contributed by atoms with van der Waals surface area (Å²) in [6.45, 7) is 3.55. The number of ether oxygens (including phenoxy) is 2. The van der Waals surface area contributed by atoms with Crippen molar-refractivity contribution in [3.05, 3.63) is 29.5 Å². The zero-order valence-corrected chi connectivity index (χ0v) is 16.6. The second-order valence-corrected chi connectivity index (χ2v) is 8.19. The van der Waals surface area contributed by atoms with Crippen LogP contribution >= 0.6 is 0 Å². The summed E-state index contributed by atoms with van der Waals surface area (Å²) in [6.07, 6.45) is 5.12. The molecule has 1 heterocycles. The van der Waals surface area contributed by atoms with E-state index in [0.717, 1.165) is 17.2 Å². The summed E-state index contributed by atoms with van der Waals surface area (Å²) >= 11 is 0. The van der Waals surface area contributed by atoms with Gasteiger partial charge in [0.1, 0.15) is 11.3 Å². The lowest BCUT2D eigenvalue weighted by molar-refractivity contribution is -0.125. The number of furan rings is 1. The van der Waals surface area contributed by atoms with Crippen molar-refractivity contribution in [3.8, 4) is 5.75 Å².